The minimum Gasteiger partial charge on any atom is -0.351 e. The van der Waals surface area contributed by atoms with Gasteiger partial charge < -0.3 is 5.32 Å². The number of hydrogen-bond acceptors (Lipinski definition) is 1. The van der Waals surface area contributed by atoms with Gasteiger partial charge in [0.05, 0.1) is 0 Å². The van der Waals surface area contributed by atoms with Gasteiger partial charge in [-0.1, -0.05) is 57.0 Å². The number of nitrogens with one attached hydrogen (secondary N) is 1. The van der Waals surface area contributed by atoms with Crippen LogP contribution in [0.5, 0.6) is 0 Å². The summed E-state index contributed by atoms with van der Waals surface area (Å²) in [7, 11) is 0. The van der Waals surface area contributed by atoms with Gasteiger partial charge in [0.2, 0.25) is 5.91 Å². The summed E-state index contributed by atoms with van der Waals surface area (Å²) in [5, 5.41) is 2.72. The van der Waals surface area contributed by atoms with E-state index in [1.807, 2.05) is 44.2 Å². The van der Waals surface area contributed by atoms with Gasteiger partial charge in [-0.15, -0.1) is 0 Å². The second-order valence-corrected chi connectivity index (χ2v) is 7.45. The summed E-state index contributed by atoms with van der Waals surface area (Å²) >= 11 is 0. The number of hydrogen-bond donors (Lipinski definition) is 1. The Kier molecular flexibility index (Phi) is 3.73. The lowest BCUT2D eigenvalue weighted by Crippen LogP contribution is -2.50. The summed E-state index contributed by atoms with van der Waals surface area (Å²) in [6.45, 7) is 3.98. The molecule has 5 heteroatoms. The van der Waals surface area contributed by atoms with Crippen molar-refractivity contribution in [3.05, 3.63) is 35.9 Å². The molecule has 2 aliphatic carbocycles. The van der Waals surface area contributed by atoms with E-state index < -0.39 is 17.5 Å². The van der Waals surface area contributed by atoms with Gasteiger partial charge in [0, 0.05) is 12.0 Å². The van der Waals surface area contributed by atoms with Crippen LogP contribution < -0.4 is 5.32 Å². The van der Waals surface area contributed by atoms with Crippen molar-refractivity contribution >= 4 is 5.91 Å². The van der Waals surface area contributed by atoms with Crippen molar-refractivity contribution in [1.82, 2.24) is 5.32 Å². The molecule has 2 saturated carbocycles. The van der Waals surface area contributed by atoms with E-state index in [0.29, 0.717) is 12.8 Å². The molecule has 0 heterocycles. The van der Waals surface area contributed by atoms with Crippen molar-refractivity contribution in [2.45, 2.75) is 57.7 Å². The molecule has 2 atom stereocenters. The Morgan fingerprint density at radius 1 is 1.13 bits per heavy atom. The molecule has 0 aliphatic heterocycles. The molecular weight excluding hydrogens is 303 g/mol. The number of benzene rings is 1. The zero-order valence-corrected chi connectivity index (χ0v) is 13.4. The molecule has 0 spiro atoms. The molecule has 126 valence electrons. The van der Waals surface area contributed by atoms with Crippen LogP contribution in [0.1, 0.15) is 51.0 Å². The highest BCUT2D eigenvalue weighted by Crippen LogP contribution is 2.59. The first kappa shape index (κ1) is 16.3. The van der Waals surface area contributed by atoms with Crippen LogP contribution in [0.25, 0.3) is 0 Å². The predicted octanol–water partition coefficient (Wildman–Crippen LogP) is 4.42. The average molecular weight is 325 g/mol. The SMILES string of the molecule is CC1(C)C(c2ccccc2)[C@@H]1NC(=O)C1(C(F)(F)F)CCCC1. The van der Waals surface area contributed by atoms with Crippen molar-refractivity contribution < 1.29 is 18.0 Å². The maximum Gasteiger partial charge on any atom is 0.403 e. The summed E-state index contributed by atoms with van der Waals surface area (Å²) in [5.41, 5.74) is -1.34. The zero-order chi connectivity index (χ0) is 16.9. The standard InChI is InChI=1S/C18H22F3NO/c1-16(2)13(12-8-4-3-5-9-12)14(16)22-15(23)17(18(19,20)21)10-6-7-11-17/h3-5,8-9,13-14H,6-7,10-11H2,1-2H3,(H,22,23)/t13?,14-/m0/s1. The van der Waals surface area contributed by atoms with E-state index in [2.05, 4.69) is 5.32 Å². The molecule has 23 heavy (non-hydrogen) atoms. The van der Waals surface area contributed by atoms with Crippen molar-refractivity contribution in [2.75, 3.05) is 0 Å². The van der Waals surface area contributed by atoms with E-state index >= 15 is 0 Å². The van der Waals surface area contributed by atoms with Crippen molar-refractivity contribution in [1.29, 1.82) is 0 Å². The zero-order valence-electron chi connectivity index (χ0n) is 13.4. The van der Waals surface area contributed by atoms with Crippen LogP contribution in [-0.4, -0.2) is 18.1 Å². The van der Waals surface area contributed by atoms with Crippen molar-refractivity contribution in [3.63, 3.8) is 0 Å². The molecule has 2 nitrogen and oxygen atoms in total. The van der Waals surface area contributed by atoms with E-state index in [-0.39, 0.29) is 30.2 Å². The highest BCUT2D eigenvalue weighted by atomic mass is 19.4. The van der Waals surface area contributed by atoms with Crippen LogP contribution in [0, 0.1) is 10.8 Å². The monoisotopic (exact) mass is 325 g/mol. The highest BCUT2D eigenvalue weighted by Gasteiger charge is 2.65. The number of carbonyl (C=O) groups excluding carboxylic acids is 1. The summed E-state index contributed by atoms with van der Waals surface area (Å²) in [6.07, 6.45) is -3.74. The van der Waals surface area contributed by atoms with E-state index in [1.54, 1.807) is 0 Å². The lowest BCUT2D eigenvalue weighted by atomic mass is 9.84. The Morgan fingerprint density at radius 3 is 2.22 bits per heavy atom. The van der Waals surface area contributed by atoms with E-state index in [0.717, 1.165) is 5.56 Å². The molecule has 1 unspecified atom stereocenters. The Hall–Kier alpha value is -1.52. The van der Waals surface area contributed by atoms with E-state index in [4.69, 9.17) is 0 Å². The third-order valence-corrected chi connectivity index (χ3v) is 5.71. The van der Waals surface area contributed by atoms with Gasteiger partial charge in [0.25, 0.3) is 0 Å². The fourth-order valence-corrected chi connectivity index (χ4v) is 4.09. The Labute approximate surface area is 134 Å². The summed E-state index contributed by atoms with van der Waals surface area (Å²) in [5.74, 6) is -0.765. The Balaban J connectivity index is 1.78. The minimum atomic E-state index is -4.48. The first-order valence-corrected chi connectivity index (χ1v) is 8.13. The van der Waals surface area contributed by atoms with Crippen molar-refractivity contribution in [2.24, 2.45) is 10.8 Å². The molecule has 0 radical (unpaired) electrons. The molecule has 2 aliphatic rings. The molecule has 1 aromatic carbocycles. The topological polar surface area (TPSA) is 29.1 Å². The molecule has 0 saturated heterocycles. The number of alkyl halides is 3. The molecular formula is C18H22F3NO. The van der Waals surface area contributed by atoms with Crippen LogP contribution in [0.4, 0.5) is 13.2 Å². The van der Waals surface area contributed by atoms with Crippen LogP contribution in [0.2, 0.25) is 0 Å². The third kappa shape index (κ3) is 2.54. The lowest BCUT2D eigenvalue weighted by Gasteiger charge is -2.30. The van der Waals surface area contributed by atoms with Crippen molar-refractivity contribution in [3.8, 4) is 0 Å². The van der Waals surface area contributed by atoms with Crippen LogP contribution >= 0.6 is 0 Å². The molecule has 0 aromatic heterocycles. The minimum absolute atomic E-state index is 0.0688. The summed E-state index contributed by atoms with van der Waals surface area (Å²) < 4.78 is 40.5. The van der Waals surface area contributed by atoms with Crippen LogP contribution in [-0.2, 0) is 4.79 Å². The van der Waals surface area contributed by atoms with Gasteiger partial charge >= 0.3 is 6.18 Å². The maximum atomic E-state index is 13.5. The van der Waals surface area contributed by atoms with Gasteiger partial charge in [0.1, 0.15) is 5.41 Å². The second-order valence-electron chi connectivity index (χ2n) is 7.45. The smallest absolute Gasteiger partial charge is 0.351 e. The first-order chi connectivity index (χ1) is 10.7. The highest BCUT2D eigenvalue weighted by molar-refractivity contribution is 5.85. The number of halogens is 3. The summed E-state index contributed by atoms with van der Waals surface area (Å²) in [4.78, 5) is 12.5. The van der Waals surface area contributed by atoms with Gasteiger partial charge in [-0.3, -0.25) is 4.79 Å². The fraction of sp³-hybridized carbons (Fsp3) is 0.611. The van der Waals surface area contributed by atoms with Gasteiger partial charge in [0.15, 0.2) is 0 Å². The molecule has 1 N–H and O–H groups in total. The first-order valence-electron chi connectivity index (χ1n) is 8.13. The molecule has 2 fully saturated rings. The van der Waals surface area contributed by atoms with Gasteiger partial charge in [-0.2, -0.15) is 13.2 Å². The summed E-state index contributed by atoms with van der Waals surface area (Å²) in [6, 6.07) is 9.43. The molecule has 1 aromatic rings. The quantitative estimate of drug-likeness (QED) is 0.876. The van der Waals surface area contributed by atoms with Crippen LogP contribution in [0.3, 0.4) is 0 Å². The maximum absolute atomic E-state index is 13.5. The second kappa shape index (κ2) is 5.25. The largest absolute Gasteiger partial charge is 0.403 e. The average Bonchev–Trinajstić information content (AvgIpc) is 2.87. The molecule has 3 rings (SSSR count). The number of amides is 1. The molecule has 1 amide bonds. The number of carbonyl (C=O) groups is 1. The fourth-order valence-electron chi connectivity index (χ4n) is 4.09. The van der Waals surface area contributed by atoms with E-state index in [9.17, 15) is 18.0 Å². The van der Waals surface area contributed by atoms with E-state index in [1.165, 1.54) is 0 Å². The normalized spacial score (nSPS) is 28.4. The Bertz CT molecular complexity index is 588. The molecule has 0 bridgehead atoms. The third-order valence-electron chi connectivity index (χ3n) is 5.71. The lowest BCUT2D eigenvalue weighted by molar-refractivity contribution is -0.220. The van der Waals surface area contributed by atoms with Gasteiger partial charge in [-0.25, -0.2) is 0 Å². The van der Waals surface area contributed by atoms with Crippen LogP contribution in [0.15, 0.2) is 30.3 Å². The van der Waals surface area contributed by atoms with Gasteiger partial charge in [-0.05, 0) is 23.8 Å². The predicted molar refractivity (Wildman–Crippen MR) is 81.9 cm³/mol. The number of rotatable bonds is 3. The Morgan fingerprint density at radius 2 is 1.70 bits per heavy atom.